The fourth-order valence-corrected chi connectivity index (χ4v) is 5.58. The lowest BCUT2D eigenvalue weighted by Gasteiger charge is -2.32. The van der Waals surface area contributed by atoms with Crippen molar-refractivity contribution >= 4 is 5.69 Å². The van der Waals surface area contributed by atoms with Gasteiger partial charge in [-0.15, -0.1) is 0 Å². The third-order valence-electron chi connectivity index (χ3n) is 7.96. The van der Waals surface area contributed by atoms with Crippen LogP contribution in [0.2, 0.25) is 0 Å². The number of likely N-dealkylation sites (N-methyl/N-ethyl adjacent to an activating group) is 1. The molecule has 0 spiro atoms. The normalized spacial score (nSPS) is 17.1. The van der Waals surface area contributed by atoms with Crippen LogP contribution in [0.1, 0.15) is 69.4 Å². The zero-order chi connectivity index (χ0) is 27.6. The Labute approximate surface area is 235 Å². The number of aliphatic hydroxyl groups excluding tert-OH is 1. The van der Waals surface area contributed by atoms with Gasteiger partial charge in [0.05, 0.1) is 12.9 Å². The topological polar surface area (TPSA) is 45.2 Å². The van der Waals surface area contributed by atoms with E-state index in [-0.39, 0.29) is 0 Å². The van der Waals surface area contributed by atoms with E-state index in [9.17, 15) is 5.11 Å². The molecule has 0 fully saturated rings. The molecule has 4 rings (SSSR count). The molecule has 0 aliphatic heterocycles. The minimum Gasteiger partial charge on any atom is -0.512 e. The molecule has 0 saturated heterocycles. The van der Waals surface area contributed by atoms with Gasteiger partial charge in [-0.2, -0.15) is 0 Å². The molecule has 0 saturated carbocycles. The molecule has 0 amide bonds. The molecule has 1 atom stereocenters. The number of anilines is 1. The van der Waals surface area contributed by atoms with E-state index in [0.29, 0.717) is 24.7 Å². The van der Waals surface area contributed by atoms with E-state index < -0.39 is 0 Å². The maximum Gasteiger partial charge on any atom is 0.120 e. The van der Waals surface area contributed by atoms with Gasteiger partial charge in [0.2, 0.25) is 0 Å². The van der Waals surface area contributed by atoms with Gasteiger partial charge in [0.15, 0.2) is 0 Å². The molecule has 5 heteroatoms. The number of rotatable bonds is 13. The molecule has 2 aliphatic carbocycles. The van der Waals surface area contributed by atoms with E-state index in [4.69, 9.17) is 9.47 Å². The highest BCUT2D eigenvalue weighted by Crippen LogP contribution is 2.43. The van der Waals surface area contributed by atoms with Gasteiger partial charge in [0.1, 0.15) is 18.1 Å². The molecular formula is C34H46N2O3. The number of methoxy groups -OCH3 is 1. The van der Waals surface area contributed by atoms with Crippen molar-refractivity contribution in [2.75, 3.05) is 45.3 Å². The minimum atomic E-state index is 0.434. The molecule has 39 heavy (non-hydrogen) atoms. The van der Waals surface area contributed by atoms with Crippen LogP contribution in [0, 0.1) is 0 Å². The van der Waals surface area contributed by atoms with Gasteiger partial charge in [0, 0.05) is 37.8 Å². The lowest BCUT2D eigenvalue weighted by atomic mass is 9.79. The van der Waals surface area contributed by atoms with Crippen molar-refractivity contribution in [3.05, 3.63) is 88.7 Å². The van der Waals surface area contributed by atoms with Crippen LogP contribution in [0.4, 0.5) is 5.69 Å². The van der Waals surface area contributed by atoms with Crippen LogP contribution in [0.5, 0.6) is 11.5 Å². The van der Waals surface area contributed by atoms with E-state index >= 15 is 0 Å². The Bertz CT molecular complexity index is 1170. The standard InChI is InChI=1S/C34H46N2O3/c1-5-7-19-35(3)20-21-39-31-15-11-26(12-16-31)25-36(6-2)34-24-32(38-4)17-18-33(34)29-14-13-28-23-30(37)10-8-9-27(28)22-29/h8-9,11-12,15-18,23-24,29,37H,5-7,10,13-14,19-22,25H2,1-4H3. The lowest BCUT2D eigenvalue weighted by molar-refractivity contribution is 0.235. The van der Waals surface area contributed by atoms with Crippen LogP contribution in [-0.2, 0) is 6.54 Å². The molecule has 0 radical (unpaired) electrons. The van der Waals surface area contributed by atoms with Gasteiger partial charge in [-0.3, -0.25) is 0 Å². The molecule has 2 aromatic rings. The molecule has 0 bridgehead atoms. The van der Waals surface area contributed by atoms with Crippen molar-refractivity contribution in [1.82, 2.24) is 4.90 Å². The maximum atomic E-state index is 10.1. The quantitative estimate of drug-likeness (QED) is 0.286. The van der Waals surface area contributed by atoms with E-state index in [1.54, 1.807) is 7.11 Å². The van der Waals surface area contributed by atoms with Crippen LogP contribution in [0.25, 0.3) is 0 Å². The molecule has 2 aromatic carbocycles. The van der Waals surface area contributed by atoms with Crippen molar-refractivity contribution in [2.24, 2.45) is 0 Å². The van der Waals surface area contributed by atoms with Crippen LogP contribution in [0.15, 0.2) is 77.6 Å². The highest BCUT2D eigenvalue weighted by atomic mass is 16.5. The Kier molecular flexibility index (Phi) is 10.5. The van der Waals surface area contributed by atoms with Crippen molar-refractivity contribution in [1.29, 1.82) is 0 Å². The lowest BCUT2D eigenvalue weighted by Crippen LogP contribution is -2.25. The van der Waals surface area contributed by atoms with E-state index in [0.717, 1.165) is 56.9 Å². The molecular weight excluding hydrogens is 484 g/mol. The summed E-state index contributed by atoms with van der Waals surface area (Å²) < 4.78 is 11.7. The van der Waals surface area contributed by atoms with Gasteiger partial charge in [0.25, 0.3) is 0 Å². The zero-order valence-corrected chi connectivity index (χ0v) is 24.3. The summed E-state index contributed by atoms with van der Waals surface area (Å²) in [6.45, 7) is 8.94. The fourth-order valence-electron chi connectivity index (χ4n) is 5.58. The van der Waals surface area contributed by atoms with Crippen LogP contribution in [-0.4, -0.2) is 50.4 Å². The van der Waals surface area contributed by atoms with Gasteiger partial charge in [-0.25, -0.2) is 0 Å². The Morgan fingerprint density at radius 2 is 1.79 bits per heavy atom. The summed E-state index contributed by atoms with van der Waals surface area (Å²) in [4.78, 5) is 4.79. The van der Waals surface area contributed by atoms with Crippen molar-refractivity contribution < 1.29 is 14.6 Å². The van der Waals surface area contributed by atoms with E-state index in [2.05, 4.69) is 85.3 Å². The van der Waals surface area contributed by atoms with Crippen LogP contribution < -0.4 is 14.4 Å². The molecule has 2 aliphatic rings. The first-order chi connectivity index (χ1) is 19.0. The second-order valence-corrected chi connectivity index (χ2v) is 10.8. The summed E-state index contributed by atoms with van der Waals surface area (Å²) in [5, 5.41) is 10.1. The summed E-state index contributed by atoms with van der Waals surface area (Å²) in [5.41, 5.74) is 6.53. The molecule has 5 nitrogen and oxygen atoms in total. The summed E-state index contributed by atoms with van der Waals surface area (Å²) in [7, 11) is 3.90. The number of hydrogen-bond donors (Lipinski definition) is 1. The summed E-state index contributed by atoms with van der Waals surface area (Å²) >= 11 is 0. The predicted molar refractivity (Wildman–Crippen MR) is 162 cm³/mol. The van der Waals surface area contributed by atoms with Crippen molar-refractivity contribution in [3.63, 3.8) is 0 Å². The van der Waals surface area contributed by atoms with Crippen molar-refractivity contribution in [2.45, 2.75) is 64.8 Å². The Morgan fingerprint density at radius 1 is 1.00 bits per heavy atom. The second-order valence-electron chi connectivity index (χ2n) is 10.8. The van der Waals surface area contributed by atoms with Crippen LogP contribution in [0.3, 0.4) is 0 Å². The van der Waals surface area contributed by atoms with Gasteiger partial charge < -0.3 is 24.4 Å². The predicted octanol–water partition coefficient (Wildman–Crippen LogP) is 7.80. The highest BCUT2D eigenvalue weighted by Gasteiger charge is 2.25. The van der Waals surface area contributed by atoms with E-state index in [1.807, 2.05) is 6.08 Å². The van der Waals surface area contributed by atoms with Gasteiger partial charge >= 0.3 is 0 Å². The average molecular weight is 531 g/mol. The second kappa shape index (κ2) is 14.3. The third-order valence-corrected chi connectivity index (χ3v) is 7.96. The monoisotopic (exact) mass is 530 g/mol. The summed E-state index contributed by atoms with van der Waals surface area (Å²) in [6, 6.07) is 15.1. The highest BCUT2D eigenvalue weighted by molar-refractivity contribution is 5.60. The fraction of sp³-hybridized carbons (Fsp3) is 0.471. The number of nitrogens with zero attached hydrogens (tertiary/aromatic N) is 2. The van der Waals surface area contributed by atoms with Crippen molar-refractivity contribution in [3.8, 4) is 11.5 Å². The third kappa shape index (κ3) is 7.92. The zero-order valence-electron chi connectivity index (χ0n) is 24.3. The first-order valence-electron chi connectivity index (χ1n) is 14.6. The molecule has 0 aromatic heterocycles. The minimum absolute atomic E-state index is 0.434. The number of allylic oxidation sites excluding steroid dienone is 5. The first kappa shape index (κ1) is 28.8. The summed E-state index contributed by atoms with van der Waals surface area (Å²) in [5.74, 6) is 2.71. The number of unbranched alkanes of at least 4 members (excludes halogenated alkanes) is 1. The number of aliphatic hydroxyl groups is 1. The first-order valence-corrected chi connectivity index (χ1v) is 14.6. The summed E-state index contributed by atoms with van der Waals surface area (Å²) in [6.07, 6.45) is 12.4. The van der Waals surface area contributed by atoms with Gasteiger partial charge in [-0.1, -0.05) is 43.7 Å². The molecule has 210 valence electrons. The average Bonchev–Trinajstić information content (AvgIpc) is 3.15. The smallest absolute Gasteiger partial charge is 0.120 e. The SMILES string of the molecule is CCCCN(C)CCOc1ccc(CN(CC)c2cc(OC)ccc2C2CCC3=C(C=CCC(O)=C3)C2)cc1. The molecule has 1 N–H and O–H groups in total. The van der Waals surface area contributed by atoms with Gasteiger partial charge in [-0.05, 0) is 98.7 Å². The maximum absolute atomic E-state index is 10.1. The number of benzene rings is 2. The Hall–Kier alpha value is -3.18. The molecule has 0 heterocycles. The Morgan fingerprint density at radius 3 is 2.54 bits per heavy atom. The van der Waals surface area contributed by atoms with Crippen LogP contribution >= 0.6 is 0 Å². The molecule has 1 unspecified atom stereocenters. The number of ether oxygens (including phenoxy) is 2. The Balaban J connectivity index is 1.46. The largest absolute Gasteiger partial charge is 0.512 e. The number of hydrogen-bond acceptors (Lipinski definition) is 5. The van der Waals surface area contributed by atoms with E-state index in [1.165, 1.54) is 40.8 Å².